The maximum Gasteiger partial charge on any atom is 0.234 e. The summed E-state index contributed by atoms with van der Waals surface area (Å²) < 4.78 is 41.9. The molecule has 0 fully saturated rings. The Labute approximate surface area is 163 Å². The molecule has 0 unspecified atom stereocenters. The zero-order chi connectivity index (χ0) is 20.1. The molecule has 0 aliphatic carbocycles. The van der Waals surface area contributed by atoms with Gasteiger partial charge in [0.05, 0.1) is 11.3 Å². The number of carbonyl (C=O) groups is 1. The van der Waals surface area contributed by atoms with Crippen LogP contribution in [-0.4, -0.2) is 26.4 Å². The van der Waals surface area contributed by atoms with Crippen molar-refractivity contribution in [2.45, 2.75) is 11.7 Å². The summed E-state index contributed by atoms with van der Waals surface area (Å²) in [5, 5.41) is 10.9. The highest BCUT2D eigenvalue weighted by molar-refractivity contribution is 7.99. The molecule has 2 aromatic carbocycles. The van der Waals surface area contributed by atoms with Gasteiger partial charge in [-0.3, -0.25) is 9.36 Å². The molecule has 0 bridgehead atoms. The van der Waals surface area contributed by atoms with Crippen LogP contribution in [-0.2, 0) is 11.3 Å². The summed E-state index contributed by atoms with van der Waals surface area (Å²) in [7, 11) is 0. The topological polar surface area (TPSA) is 59.8 Å². The minimum atomic E-state index is -1.05. The monoisotopic (exact) mass is 404 g/mol. The van der Waals surface area contributed by atoms with Crippen molar-refractivity contribution in [1.82, 2.24) is 14.8 Å². The van der Waals surface area contributed by atoms with Gasteiger partial charge in [-0.25, -0.2) is 13.2 Å². The fraction of sp³-hybridized carbons (Fsp3) is 0.105. The van der Waals surface area contributed by atoms with Gasteiger partial charge in [0.25, 0.3) is 0 Å². The van der Waals surface area contributed by atoms with E-state index in [-0.39, 0.29) is 17.0 Å². The Morgan fingerprint density at radius 2 is 1.89 bits per heavy atom. The number of benzene rings is 2. The van der Waals surface area contributed by atoms with E-state index in [9.17, 15) is 18.0 Å². The lowest BCUT2D eigenvalue weighted by Crippen LogP contribution is -2.15. The molecule has 1 aromatic heterocycles. The Balaban J connectivity index is 1.73. The van der Waals surface area contributed by atoms with Gasteiger partial charge in [-0.1, -0.05) is 30.0 Å². The van der Waals surface area contributed by atoms with Crippen LogP contribution in [0, 0.1) is 17.5 Å². The van der Waals surface area contributed by atoms with E-state index in [4.69, 9.17) is 0 Å². The maximum absolute atomic E-state index is 14.1. The van der Waals surface area contributed by atoms with Crippen LogP contribution in [0.3, 0.4) is 0 Å². The van der Waals surface area contributed by atoms with Crippen molar-refractivity contribution < 1.29 is 18.0 Å². The third-order valence-electron chi connectivity index (χ3n) is 3.68. The van der Waals surface area contributed by atoms with Crippen molar-refractivity contribution in [3.05, 3.63) is 72.6 Å². The predicted molar refractivity (Wildman–Crippen MR) is 101 cm³/mol. The molecule has 28 heavy (non-hydrogen) atoms. The van der Waals surface area contributed by atoms with E-state index in [1.165, 1.54) is 12.1 Å². The first kappa shape index (κ1) is 19.7. The first-order chi connectivity index (χ1) is 13.5. The number of allylic oxidation sites excluding steroid dienone is 1. The number of amides is 1. The zero-order valence-corrected chi connectivity index (χ0v) is 15.3. The van der Waals surface area contributed by atoms with E-state index in [0.29, 0.717) is 17.5 Å². The van der Waals surface area contributed by atoms with Crippen molar-refractivity contribution in [2.24, 2.45) is 0 Å². The molecule has 0 spiro atoms. The summed E-state index contributed by atoms with van der Waals surface area (Å²) in [4.78, 5) is 12.1. The summed E-state index contributed by atoms with van der Waals surface area (Å²) in [5.41, 5.74) is 0.430. The van der Waals surface area contributed by atoms with Crippen LogP contribution in [0.2, 0.25) is 0 Å². The number of carbonyl (C=O) groups excluding carboxylic acids is 1. The SMILES string of the molecule is C=CCn1c(SCC(=O)Nc2ccc(F)c(F)c2)nnc1-c1ccccc1F. The summed E-state index contributed by atoms with van der Waals surface area (Å²) in [5.74, 6) is -2.65. The molecular weight excluding hydrogens is 389 g/mol. The van der Waals surface area contributed by atoms with Gasteiger partial charge in [-0.15, -0.1) is 16.8 Å². The molecule has 0 aliphatic heterocycles. The lowest BCUT2D eigenvalue weighted by molar-refractivity contribution is -0.113. The van der Waals surface area contributed by atoms with Crippen molar-refractivity contribution in [2.75, 3.05) is 11.1 Å². The number of thioether (sulfide) groups is 1. The molecule has 0 saturated carbocycles. The molecule has 3 rings (SSSR count). The van der Waals surface area contributed by atoms with E-state index in [1.807, 2.05) is 0 Å². The molecule has 9 heteroatoms. The van der Waals surface area contributed by atoms with E-state index < -0.39 is 23.4 Å². The second-order valence-corrected chi connectivity index (χ2v) is 6.59. The number of aromatic nitrogens is 3. The number of nitrogens with one attached hydrogen (secondary N) is 1. The highest BCUT2D eigenvalue weighted by atomic mass is 32.2. The third-order valence-corrected chi connectivity index (χ3v) is 4.65. The average molecular weight is 404 g/mol. The van der Waals surface area contributed by atoms with Gasteiger partial charge in [0.1, 0.15) is 5.82 Å². The molecule has 1 heterocycles. The second kappa shape index (κ2) is 8.75. The third kappa shape index (κ3) is 4.42. The van der Waals surface area contributed by atoms with Crippen LogP contribution in [0.15, 0.2) is 60.3 Å². The highest BCUT2D eigenvalue weighted by Crippen LogP contribution is 2.26. The molecule has 0 atom stereocenters. The van der Waals surface area contributed by atoms with Gasteiger partial charge >= 0.3 is 0 Å². The molecule has 0 radical (unpaired) electrons. The number of halogens is 3. The van der Waals surface area contributed by atoms with E-state index >= 15 is 0 Å². The zero-order valence-electron chi connectivity index (χ0n) is 14.5. The van der Waals surface area contributed by atoms with Crippen LogP contribution in [0.1, 0.15) is 0 Å². The van der Waals surface area contributed by atoms with Crippen LogP contribution in [0.5, 0.6) is 0 Å². The van der Waals surface area contributed by atoms with E-state index in [0.717, 1.165) is 23.9 Å². The quantitative estimate of drug-likeness (QED) is 0.472. The Morgan fingerprint density at radius 3 is 2.61 bits per heavy atom. The minimum absolute atomic E-state index is 0.0501. The lowest BCUT2D eigenvalue weighted by Gasteiger charge is -2.09. The van der Waals surface area contributed by atoms with Crippen molar-refractivity contribution in [3.8, 4) is 11.4 Å². The van der Waals surface area contributed by atoms with Crippen LogP contribution in [0.4, 0.5) is 18.9 Å². The van der Waals surface area contributed by atoms with Crippen molar-refractivity contribution in [1.29, 1.82) is 0 Å². The Hall–Kier alpha value is -3.07. The average Bonchev–Trinajstić information content (AvgIpc) is 3.06. The Morgan fingerprint density at radius 1 is 1.11 bits per heavy atom. The second-order valence-electron chi connectivity index (χ2n) is 5.65. The number of rotatable bonds is 7. The fourth-order valence-corrected chi connectivity index (χ4v) is 3.18. The van der Waals surface area contributed by atoms with Gasteiger partial charge in [-0.2, -0.15) is 0 Å². The first-order valence-electron chi connectivity index (χ1n) is 8.16. The van der Waals surface area contributed by atoms with Gasteiger partial charge in [0.15, 0.2) is 22.6 Å². The molecule has 0 saturated heterocycles. The van der Waals surface area contributed by atoms with Gasteiger partial charge in [0.2, 0.25) is 5.91 Å². The summed E-state index contributed by atoms with van der Waals surface area (Å²) in [6.07, 6.45) is 1.61. The van der Waals surface area contributed by atoms with Gasteiger partial charge in [0, 0.05) is 18.3 Å². The molecule has 1 amide bonds. The summed E-state index contributed by atoms with van der Waals surface area (Å²) in [6, 6.07) is 9.26. The van der Waals surface area contributed by atoms with E-state index in [1.54, 1.807) is 28.8 Å². The Bertz CT molecular complexity index is 1020. The lowest BCUT2D eigenvalue weighted by atomic mass is 10.2. The Kier molecular flexibility index (Phi) is 6.15. The largest absolute Gasteiger partial charge is 0.325 e. The maximum atomic E-state index is 14.1. The molecular formula is C19H15F3N4OS. The molecule has 1 N–H and O–H groups in total. The van der Waals surface area contributed by atoms with E-state index in [2.05, 4.69) is 22.1 Å². The normalized spacial score (nSPS) is 10.7. The molecule has 3 aromatic rings. The van der Waals surface area contributed by atoms with Crippen molar-refractivity contribution >= 4 is 23.4 Å². The molecule has 0 aliphatic rings. The molecule has 144 valence electrons. The summed E-state index contributed by atoms with van der Waals surface area (Å²) >= 11 is 1.08. The number of hydrogen-bond acceptors (Lipinski definition) is 4. The van der Waals surface area contributed by atoms with Crippen LogP contribution in [0.25, 0.3) is 11.4 Å². The van der Waals surface area contributed by atoms with Gasteiger partial charge < -0.3 is 5.32 Å². The van der Waals surface area contributed by atoms with Crippen LogP contribution < -0.4 is 5.32 Å². The number of anilines is 1. The van der Waals surface area contributed by atoms with Crippen LogP contribution >= 0.6 is 11.8 Å². The highest BCUT2D eigenvalue weighted by Gasteiger charge is 2.17. The number of nitrogens with zero attached hydrogens (tertiary/aromatic N) is 3. The first-order valence-corrected chi connectivity index (χ1v) is 9.15. The minimum Gasteiger partial charge on any atom is -0.325 e. The van der Waals surface area contributed by atoms with Crippen molar-refractivity contribution in [3.63, 3.8) is 0 Å². The standard InChI is InChI=1S/C19H15F3N4OS/c1-2-9-26-18(13-5-3-4-6-14(13)20)24-25-19(26)28-11-17(27)23-12-7-8-15(21)16(22)10-12/h2-8,10H,1,9,11H2,(H,23,27). The smallest absolute Gasteiger partial charge is 0.234 e. The number of hydrogen-bond donors (Lipinski definition) is 1. The van der Waals surface area contributed by atoms with Gasteiger partial charge in [-0.05, 0) is 24.3 Å². The summed E-state index contributed by atoms with van der Waals surface area (Å²) in [6.45, 7) is 4.00. The fourth-order valence-electron chi connectivity index (χ4n) is 2.43. The molecule has 5 nitrogen and oxygen atoms in total. The predicted octanol–water partition coefficient (Wildman–Crippen LogP) is 4.28.